The number of nitrogens with one attached hydrogen (secondary N) is 2. The molecular weight excluding hydrogens is 475 g/mol. The first-order valence-electron chi connectivity index (χ1n) is 11.6. The molecule has 1 fully saturated rings. The molecule has 2 aromatic carbocycles. The van der Waals surface area contributed by atoms with Crippen LogP contribution in [-0.4, -0.2) is 36.6 Å². The third-order valence-corrected chi connectivity index (χ3v) is 6.95. The van der Waals surface area contributed by atoms with Crippen molar-refractivity contribution in [3.05, 3.63) is 82.6 Å². The van der Waals surface area contributed by atoms with E-state index < -0.39 is 11.7 Å². The van der Waals surface area contributed by atoms with E-state index in [0.717, 1.165) is 55.2 Å². The van der Waals surface area contributed by atoms with Crippen LogP contribution in [0.5, 0.6) is 5.75 Å². The number of carbonyl (C=O) groups excluding carboxylic acids is 1. The van der Waals surface area contributed by atoms with Crippen molar-refractivity contribution >= 4 is 23.1 Å². The van der Waals surface area contributed by atoms with E-state index in [-0.39, 0.29) is 18.2 Å². The standard InChI is InChI=1S/C26H28F3N3O2S/c27-26(28,29)19-8-10-22(11-9-19)34-23(24-7-4-18-35-24)14-17-32-15-12-21(13-16-32)31-25(33)30-20-5-2-1-3-6-20/h1-11,18,21,23H,12-17H2,(H2,30,31,33). The number of para-hydroxylation sites is 1. The third kappa shape index (κ3) is 7.47. The monoisotopic (exact) mass is 503 g/mol. The van der Waals surface area contributed by atoms with Gasteiger partial charge in [0.25, 0.3) is 0 Å². The first-order chi connectivity index (χ1) is 16.9. The molecule has 35 heavy (non-hydrogen) atoms. The molecule has 2 amide bonds. The summed E-state index contributed by atoms with van der Waals surface area (Å²) in [5.41, 5.74) is 0.0709. The van der Waals surface area contributed by atoms with Crippen LogP contribution in [-0.2, 0) is 6.18 Å². The van der Waals surface area contributed by atoms with Crippen molar-refractivity contribution in [1.29, 1.82) is 0 Å². The molecule has 3 aromatic rings. The van der Waals surface area contributed by atoms with Crippen LogP contribution in [0.1, 0.15) is 35.8 Å². The molecule has 2 N–H and O–H groups in total. The van der Waals surface area contributed by atoms with Crippen LogP contribution in [0.2, 0.25) is 0 Å². The molecule has 186 valence electrons. The van der Waals surface area contributed by atoms with Gasteiger partial charge in [-0.25, -0.2) is 4.79 Å². The molecule has 4 rings (SSSR count). The Kier molecular flexibility index (Phi) is 8.30. The van der Waals surface area contributed by atoms with Gasteiger partial charge in [-0.1, -0.05) is 24.3 Å². The summed E-state index contributed by atoms with van der Waals surface area (Å²) in [7, 11) is 0. The fraction of sp³-hybridized carbons (Fsp3) is 0.346. The first-order valence-corrected chi connectivity index (χ1v) is 12.5. The summed E-state index contributed by atoms with van der Waals surface area (Å²) in [5.74, 6) is 0.420. The van der Waals surface area contributed by atoms with Crippen LogP contribution in [0.15, 0.2) is 72.1 Å². The maximum Gasteiger partial charge on any atom is 0.416 e. The van der Waals surface area contributed by atoms with Gasteiger partial charge in [0, 0.05) is 42.7 Å². The molecule has 1 aliphatic rings. The summed E-state index contributed by atoms with van der Waals surface area (Å²) >= 11 is 1.57. The number of likely N-dealkylation sites (tertiary alicyclic amines) is 1. The fourth-order valence-corrected chi connectivity index (χ4v) is 4.88. The molecule has 1 saturated heterocycles. The summed E-state index contributed by atoms with van der Waals surface area (Å²) in [6.07, 6.45) is -2.18. The van der Waals surface area contributed by atoms with Gasteiger partial charge in [-0.05, 0) is 60.7 Å². The number of piperidine rings is 1. The molecule has 2 heterocycles. The van der Waals surface area contributed by atoms with E-state index >= 15 is 0 Å². The van der Waals surface area contributed by atoms with Crippen molar-refractivity contribution in [1.82, 2.24) is 10.2 Å². The van der Waals surface area contributed by atoms with Crippen LogP contribution in [0.3, 0.4) is 0 Å². The van der Waals surface area contributed by atoms with E-state index in [4.69, 9.17) is 4.74 Å². The molecule has 1 aromatic heterocycles. The molecule has 1 atom stereocenters. The Morgan fingerprint density at radius 3 is 2.37 bits per heavy atom. The lowest BCUT2D eigenvalue weighted by Crippen LogP contribution is -2.46. The molecule has 0 bridgehead atoms. The summed E-state index contributed by atoms with van der Waals surface area (Å²) in [6.45, 7) is 2.51. The highest BCUT2D eigenvalue weighted by Crippen LogP contribution is 2.33. The van der Waals surface area contributed by atoms with E-state index in [1.54, 1.807) is 11.3 Å². The van der Waals surface area contributed by atoms with E-state index in [0.29, 0.717) is 12.2 Å². The Bertz CT molecular complexity index is 1050. The summed E-state index contributed by atoms with van der Waals surface area (Å²) < 4.78 is 44.7. The molecule has 0 radical (unpaired) electrons. The quantitative estimate of drug-likeness (QED) is 0.366. The van der Waals surface area contributed by atoms with Crippen LogP contribution < -0.4 is 15.4 Å². The van der Waals surface area contributed by atoms with Crippen molar-refractivity contribution in [2.45, 2.75) is 37.6 Å². The van der Waals surface area contributed by atoms with Crippen molar-refractivity contribution < 1.29 is 22.7 Å². The Labute approximate surface area is 206 Å². The summed E-state index contributed by atoms with van der Waals surface area (Å²) in [6, 6.07) is 18.0. The van der Waals surface area contributed by atoms with Crippen LogP contribution in [0, 0.1) is 0 Å². The van der Waals surface area contributed by atoms with E-state index in [2.05, 4.69) is 15.5 Å². The Hall–Kier alpha value is -3.04. The van der Waals surface area contributed by atoms with Gasteiger partial charge < -0.3 is 20.3 Å². The smallest absolute Gasteiger partial charge is 0.416 e. The van der Waals surface area contributed by atoms with Crippen molar-refractivity contribution in [3.8, 4) is 5.75 Å². The van der Waals surface area contributed by atoms with Gasteiger partial charge in [-0.15, -0.1) is 11.3 Å². The second-order valence-electron chi connectivity index (χ2n) is 8.51. The predicted molar refractivity (Wildman–Crippen MR) is 132 cm³/mol. The van der Waals surface area contributed by atoms with Crippen molar-refractivity contribution in [3.63, 3.8) is 0 Å². The van der Waals surface area contributed by atoms with Crippen LogP contribution in [0.25, 0.3) is 0 Å². The van der Waals surface area contributed by atoms with Gasteiger partial charge in [-0.2, -0.15) is 13.2 Å². The number of ether oxygens (including phenoxy) is 1. The molecule has 1 unspecified atom stereocenters. The van der Waals surface area contributed by atoms with E-state index in [1.165, 1.54) is 12.1 Å². The number of benzene rings is 2. The molecule has 0 spiro atoms. The SMILES string of the molecule is O=C(Nc1ccccc1)NC1CCN(CCC(Oc2ccc(C(F)(F)F)cc2)c2cccs2)CC1. The van der Waals surface area contributed by atoms with Crippen LogP contribution >= 0.6 is 11.3 Å². The van der Waals surface area contributed by atoms with Gasteiger partial charge in [0.15, 0.2) is 0 Å². The Balaban J connectivity index is 1.25. The van der Waals surface area contributed by atoms with E-state index in [9.17, 15) is 18.0 Å². The molecule has 9 heteroatoms. The zero-order valence-corrected chi connectivity index (χ0v) is 19.9. The number of alkyl halides is 3. The van der Waals surface area contributed by atoms with Gasteiger partial charge in [0.1, 0.15) is 11.9 Å². The van der Waals surface area contributed by atoms with Crippen molar-refractivity contribution in [2.75, 3.05) is 25.0 Å². The summed E-state index contributed by atoms with van der Waals surface area (Å²) in [4.78, 5) is 15.6. The highest BCUT2D eigenvalue weighted by atomic mass is 32.1. The van der Waals surface area contributed by atoms with Gasteiger partial charge in [-0.3, -0.25) is 0 Å². The average molecular weight is 504 g/mol. The largest absolute Gasteiger partial charge is 0.485 e. The molecule has 5 nitrogen and oxygen atoms in total. The lowest BCUT2D eigenvalue weighted by molar-refractivity contribution is -0.137. The van der Waals surface area contributed by atoms with E-state index in [1.807, 2.05) is 47.8 Å². The summed E-state index contributed by atoms with van der Waals surface area (Å²) in [5, 5.41) is 7.86. The Morgan fingerprint density at radius 1 is 1.03 bits per heavy atom. The number of amides is 2. The second kappa shape index (κ2) is 11.6. The van der Waals surface area contributed by atoms with Crippen LogP contribution in [0.4, 0.5) is 23.7 Å². The number of anilines is 1. The number of halogens is 3. The minimum Gasteiger partial charge on any atom is -0.485 e. The first kappa shape index (κ1) is 25.1. The zero-order valence-electron chi connectivity index (χ0n) is 19.1. The predicted octanol–water partition coefficient (Wildman–Crippen LogP) is 6.56. The van der Waals surface area contributed by atoms with Gasteiger partial charge in [0.05, 0.1) is 5.56 Å². The van der Waals surface area contributed by atoms with Gasteiger partial charge >= 0.3 is 12.2 Å². The number of hydrogen-bond acceptors (Lipinski definition) is 4. The molecule has 0 saturated carbocycles. The Morgan fingerprint density at radius 2 is 1.74 bits per heavy atom. The van der Waals surface area contributed by atoms with Gasteiger partial charge in [0.2, 0.25) is 0 Å². The number of urea groups is 1. The lowest BCUT2D eigenvalue weighted by Gasteiger charge is -2.33. The number of carbonyl (C=O) groups is 1. The maximum absolute atomic E-state index is 12.9. The lowest BCUT2D eigenvalue weighted by atomic mass is 10.0. The average Bonchev–Trinajstić information content (AvgIpc) is 3.38. The molecule has 1 aliphatic heterocycles. The minimum absolute atomic E-state index is 0.117. The normalized spacial score (nSPS) is 16.0. The molecular formula is C26H28F3N3O2S. The number of rotatable bonds is 8. The molecule has 0 aliphatic carbocycles. The second-order valence-corrected chi connectivity index (χ2v) is 9.49. The minimum atomic E-state index is -4.37. The maximum atomic E-state index is 12.9. The number of hydrogen-bond donors (Lipinski definition) is 2. The third-order valence-electron chi connectivity index (χ3n) is 5.98. The highest BCUT2D eigenvalue weighted by molar-refractivity contribution is 7.10. The fourth-order valence-electron chi connectivity index (χ4n) is 4.10. The zero-order chi connectivity index (χ0) is 24.7. The number of thiophene rings is 1. The topological polar surface area (TPSA) is 53.6 Å². The number of nitrogens with zero attached hydrogens (tertiary/aromatic N) is 1. The highest BCUT2D eigenvalue weighted by Gasteiger charge is 2.30. The van der Waals surface area contributed by atoms with Crippen molar-refractivity contribution in [2.24, 2.45) is 0 Å².